The average molecular weight is 280 g/mol. The molecule has 5 heteroatoms. The van der Waals surface area contributed by atoms with Crippen molar-refractivity contribution in [2.24, 2.45) is 0 Å². The Labute approximate surface area is 118 Å². The van der Waals surface area contributed by atoms with Gasteiger partial charge in [-0.25, -0.2) is 4.79 Å². The molecule has 0 radical (unpaired) electrons. The zero-order valence-corrected chi connectivity index (χ0v) is 12.2. The molecule has 1 heterocycles. The highest BCUT2D eigenvalue weighted by atomic mass is 32.2. The lowest BCUT2D eigenvalue weighted by atomic mass is 9.86. The first kappa shape index (κ1) is 14.4. The molecule has 0 aromatic heterocycles. The van der Waals surface area contributed by atoms with Crippen LogP contribution < -0.4 is 5.32 Å². The van der Waals surface area contributed by atoms with Crippen LogP contribution in [-0.2, 0) is 10.3 Å². The molecular formula is C14H20N2O2S. The maximum Gasteiger partial charge on any atom is 0.328 e. The Morgan fingerprint density at radius 1 is 1.47 bits per heavy atom. The first-order chi connectivity index (χ1) is 9.06. The van der Waals surface area contributed by atoms with Crippen LogP contribution in [0.4, 0.5) is 0 Å². The smallest absolute Gasteiger partial charge is 0.328 e. The second-order valence-corrected chi connectivity index (χ2v) is 6.17. The van der Waals surface area contributed by atoms with Gasteiger partial charge in [-0.3, -0.25) is 5.32 Å². The van der Waals surface area contributed by atoms with Gasteiger partial charge >= 0.3 is 5.97 Å². The van der Waals surface area contributed by atoms with Gasteiger partial charge in [0, 0.05) is 23.7 Å². The summed E-state index contributed by atoms with van der Waals surface area (Å²) in [5, 5.41) is 13.0. The fraction of sp³-hybridized carbons (Fsp3) is 0.500. The zero-order chi connectivity index (χ0) is 13.9. The van der Waals surface area contributed by atoms with Crippen LogP contribution in [0, 0.1) is 0 Å². The SMILES string of the molecule is CN(C)CCNC1(C(=O)O)CCSc2ccccc21. The number of likely N-dealkylation sites (N-methyl/N-ethyl adjacent to an activating group) is 1. The molecule has 1 aliphatic heterocycles. The topological polar surface area (TPSA) is 52.6 Å². The number of carboxylic acids is 1. The summed E-state index contributed by atoms with van der Waals surface area (Å²) >= 11 is 1.73. The molecule has 0 spiro atoms. The molecule has 2 rings (SSSR count). The van der Waals surface area contributed by atoms with Crippen LogP contribution in [0.15, 0.2) is 29.2 Å². The first-order valence-corrected chi connectivity index (χ1v) is 7.40. The molecule has 0 saturated heterocycles. The normalized spacial score (nSPS) is 22.3. The van der Waals surface area contributed by atoms with Gasteiger partial charge < -0.3 is 10.0 Å². The number of benzene rings is 1. The standard InChI is InChI=1S/C14H20N2O2S/c1-16(2)9-8-15-14(13(17)18)7-10-19-12-6-4-3-5-11(12)14/h3-6,15H,7-10H2,1-2H3,(H,17,18). The van der Waals surface area contributed by atoms with Crippen LogP contribution in [0.2, 0.25) is 0 Å². The van der Waals surface area contributed by atoms with Crippen molar-refractivity contribution in [3.05, 3.63) is 29.8 Å². The Balaban J connectivity index is 2.28. The Kier molecular flexibility index (Phi) is 4.50. The fourth-order valence-corrected chi connectivity index (χ4v) is 3.57. The van der Waals surface area contributed by atoms with Gasteiger partial charge in [0.25, 0.3) is 0 Å². The summed E-state index contributed by atoms with van der Waals surface area (Å²) in [6.07, 6.45) is 0.622. The van der Waals surface area contributed by atoms with Crippen LogP contribution in [-0.4, -0.2) is 48.9 Å². The highest BCUT2D eigenvalue weighted by Gasteiger charge is 2.43. The van der Waals surface area contributed by atoms with E-state index in [9.17, 15) is 9.90 Å². The molecule has 0 saturated carbocycles. The number of aliphatic carboxylic acids is 1. The van der Waals surface area contributed by atoms with E-state index in [1.54, 1.807) is 11.8 Å². The Bertz CT molecular complexity index is 465. The van der Waals surface area contributed by atoms with Crippen molar-refractivity contribution < 1.29 is 9.90 Å². The van der Waals surface area contributed by atoms with Gasteiger partial charge in [-0.05, 0) is 32.1 Å². The minimum Gasteiger partial charge on any atom is -0.480 e. The molecule has 1 unspecified atom stereocenters. The Morgan fingerprint density at radius 2 is 2.21 bits per heavy atom. The highest BCUT2D eigenvalue weighted by Crippen LogP contribution is 2.40. The van der Waals surface area contributed by atoms with Crippen molar-refractivity contribution in [1.29, 1.82) is 0 Å². The number of carboxylic acid groups (broad SMARTS) is 1. The lowest BCUT2D eigenvalue weighted by Gasteiger charge is -2.36. The summed E-state index contributed by atoms with van der Waals surface area (Å²) < 4.78 is 0. The molecule has 1 aromatic carbocycles. The molecule has 4 nitrogen and oxygen atoms in total. The number of thioether (sulfide) groups is 1. The van der Waals surface area contributed by atoms with Crippen molar-refractivity contribution in [1.82, 2.24) is 10.2 Å². The van der Waals surface area contributed by atoms with E-state index in [0.29, 0.717) is 13.0 Å². The molecular weight excluding hydrogens is 260 g/mol. The molecule has 0 fully saturated rings. The molecule has 1 aliphatic rings. The van der Waals surface area contributed by atoms with E-state index in [4.69, 9.17) is 0 Å². The van der Waals surface area contributed by atoms with Gasteiger partial charge in [0.05, 0.1) is 0 Å². The van der Waals surface area contributed by atoms with Crippen LogP contribution in [0.25, 0.3) is 0 Å². The molecule has 1 atom stereocenters. The first-order valence-electron chi connectivity index (χ1n) is 6.42. The lowest BCUT2D eigenvalue weighted by molar-refractivity contribution is -0.145. The number of fused-ring (bicyclic) bond motifs is 1. The largest absolute Gasteiger partial charge is 0.480 e. The summed E-state index contributed by atoms with van der Waals surface area (Å²) in [4.78, 5) is 15.0. The highest BCUT2D eigenvalue weighted by molar-refractivity contribution is 7.99. The third-order valence-corrected chi connectivity index (χ3v) is 4.51. The maximum atomic E-state index is 11.8. The van der Waals surface area contributed by atoms with E-state index >= 15 is 0 Å². The maximum absolute atomic E-state index is 11.8. The quantitative estimate of drug-likeness (QED) is 0.858. The monoisotopic (exact) mass is 280 g/mol. The number of hydrogen-bond donors (Lipinski definition) is 2. The van der Waals surface area contributed by atoms with Gasteiger partial charge in [0.15, 0.2) is 0 Å². The Hall–Kier alpha value is -1.04. The molecule has 19 heavy (non-hydrogen) atoms. The number of rotatable bonds is 5. The van der Waals surface area contributed by atoms with Gasteiger partial charge in [0.1, 0.15) is 5.54 Å². The number of nitrogens with one attached hydrogen (secondary N) is 1. The molecule has 1 aromatic rings. The van der Waals surface area contributed by atoms with E-state index in [1.807, 2.05) is 43.3 Å². The van der Waals surface area contributed by atoms with Gasteiger partial charge in [-0.2, -0.15) is 0 Å². The second-order valence-electron chi connectivity index (χ2n) is 5.04. The van der Waals surface area contributed by atoms with Gasteiger partial charge in [0.2, 0.25) is 0 Å². The van der Waals surface area contributed by atoms with E-state index < -0.39 is 11.5 Å². The summed E-state index contributed by atoms with van der Waals surface area (Å²) in [6, 6.07) is 7.81. The van der Waals surface area contributed by atoms with Crippen LogP contribution in [0.1, 0.15) is 12.0 Å². The van der Waals surface area contributed by atoms with Crippen molar-refractivity contribution in [2.45, 2.75) is 16.9 Å². The predicted molar refractivity (Wildman–Crippen MR) is 77.7 cm³/mol. The van der Waals surface area contributed by atoms with Crippen molar-refractivity contribution in [3.8, 4) is 0 Å². The molecule has 0 bridgehead atoms. The van der Waals surface area contributed by atoms with Gasteiger partial charge in [-0.15, -0.1) is 11.8 Å². The summed E-state index contributed by atoms with van der Waals surface area (Å²) in [7, 11) is 3.97. The van der Waals surface area contributed by atoms with Crippen molar-refractivity contribution in [2.75, 3.05) is 32.9 Å². The van der Waals surface area contributed by atoms with E-state index in [2.05, 4.69) is 5.32 Å². The third kappa shape index (κ3) is 2.94. The summed E-state index contributed by atoms with van der Waals surface area (Å²) in [6.45, 7) is 1.49. The van der Waals surface area contributed by atoms with Crippen LogP contribution in [0.3, 0.4) is 0 Å². The minimum absolute atomic E-state index is 0.622. The molecule has 0 aliphatic carbocycles. The number of carbonyl (C=O) groups is 1. The number of nitrogens with zero attached hydrogens (tertiary/aromatic N) is 1. The third-order valence-electron chi connectivity index (χ3n) is 3.43. The van der Waals surface area contributed by atoms with Crippen molar-refractivity contribution >= 4 is 17.7 Å². The predicted octanol–water partition coefficient (Wildman–Crippen LogP) is 1.61. The van der Waals surface area contributed by atoms with Crippen LogP contribution in [0.5, 0.6) is 0 Å². The lowest BCUT2D eigenvalue weighted by Crippen LogP contribution is -2.52. The average Bonchev–Trinajstić information content (AvgIpc) is 2.38. The van der Waals surface area contributed by atoms with E-state index in [0.717, 1.165) is 22.8 Å². The van der Waals surface area contributed by atoms with Crippen LogP contribution >= 0.6 is 11.8 Å². The fourth-order valence-electron chi connectivity index (χ4n) is 2.37. The second kappa shape index (κ2) is 5.94. The minimum atomic E-state index is -0.933. The van der Waals surface area contributed by atoms with E-state index in [1.165, 1.54) is 0 Å². The van der Waals surface area contributed by atoms with Crippen molar-refractivity contribution in [3.63, 3.8) is 0 Å². The molecule has 104 valence electrons. The molecule has 0 amide bonds. The number of hydrogen-bond acceptors (Lipinski definition) is 4. The summed E-state index contributed by atoms with van der Waals surface area (Å²) in [5.74, 6) is 0.0529. The van der Waals surface area contributed by atoms with Gasteiger partial charge in [-0.1, -0.05) is 18.2 Å². The Morgan fingerprint density at radius 3 is 2.89 bits per heavy atom. The zero-order valence-electron chi connectivity index (χ0n) is 11.3. The molecule has 2 N–H and O–H groups in total. The van der Waals surface area contributed by atoms with E-state index in [-0.39, 0.29) is 0 Å². The summed E-state index contributed by atoms with van der Waals surface area (Å²) in [5.41, 5.74) is -0.0322.